The predicted molar refractivity (Wildman–Crippen MR) is 115 cm³/mol. The minimum absolute atomic E-state index is 0.0684. The number of halogens is 1. The first-order valence-electron chi connectivity index (χ1n) is 9.02. The summed E-state index contributed by atoms with van der Waals surface area (Å²) < 4.78 is 1.65. The first-order valence-corrected chi connectivity index (χ1v) is 10.4. The summed E-state index contributed by atoms with van der Waals surface area (Å²) in [5.41, 5.74) is 4.61. The third kappa shape index (κ3) is 4.75. The number of amides is 1. The second-order valence-electron chi connectivity index (χ2n) is 6.53. The van der Waals surface area contributed by atoms with Crippen LogP contribution < -0.4 is 5.32 Å². The Morgan fingerprint density at radius 1 is 1.03 bits per heavy atom. The van der Waals surface area contributed by atoms with Gasteiger partial charge >= 0.3 is 0 Å². The lowest BCUT2D eigenvalue weighted by Gasteiger charge is -2.06. The maximum absolute atomic E-state index is 12.2. The van der Waals surface area contributed by atoms with Gasteiger partial charge in [-0.05, 0) is 36.8 Å². The van der Waals surface area contributed by atoms with Gasteiger partial charge in [0.05, 0.1) is 11.4 Å². The zero-order valence-corrected chi connectivity index (χ0v) is 17.2. The van der Waals surface area contributed by atoms with Crippen molar-refractivity contribution in [2.24, 2.45) is 0 Å². The van der Waals surface area contributed by atoms with Gasteiger partial charge in [0.1, 0.15) is 0 Å². The van der Waals surface area contributed by atoms with Crippen molar-refractivity contribution in [3.8, 4) is 11.3 Å². The van der Waals surface area contributed by atoms with Crippen LogP contribution in [0.25, 0.3) is 16.9 Å². The van der Waals surface area contributed by atoms with Crippen molar-refractivity contribution < 1.29 is 4.79 Å². The Hall–Kier alpha value is -2.90. The van der Waals surface area contributed by atoms with E-state index in [9.17, 15) is 4.79 Å². The number of hydrogen-bond donors (Lipinski definition) is 1. The maximum atomic E-state index is 12.2. The second kappa shape index (κ2) is 8.63. The largest absolute Gasteiger partial charge is 0.351 e. The summed E-state index contributed by atoms with van der Waals surface area (Å²) in [5.74, 6) is 0.167. The van der Waals surface area contributed by atoms with Gasteiger partial charge in [0.15, 0.2) is 5.65 Å². The predicted octanol–water partition coefficient (Wildman–Crippen LogP) is 4.16. The van der Waals surface area contributed by atoms with Crippen LogP contribution in [0.3, 0.4) is 0 Å². The highest BCUT2D eigenvalue weighted by Crippen LogP contribution is 2.22. The van der Waals surface area contributed by atoms with Gasteiger partial charge in [-0.2, -0.15) is 9.61 Å². The zero-order chi connectivity index (χ0) is 20.2. The van der Waals surface area contributed by atoms with Gasteiger partial charge in [0.2, 0.25) is 11.1 Å². The number of rotatable bonds is 6. The van der Waals surface area contributed by atoms with Crippen LogP contribution in [0.15, 0.2) is 65.8 Å². The van der Waals surface area contributed by atoms with Gasteiger partial charge in [-0.15, -0.1) is 10.2 Å². The Morgan fingerprint density at radius 2 is 1.79 bits per heavy atom. The van der Waals surface area contributed by atoms with Crippen molar-refractivity contribution in [1.82, 2.24) is 25.1 Å². The number of fused-ring (bicyclic) bond motifs is 1. The number of thioether (sulfide) groups is 1. The zero-order valence-electron chi connectivity index (χ0n) is 15.7. The normalized spacial score (nSPS) is 11.0. The smallest absolute Gasteiger partial charge is 0.230 e. The summed E-state index contributed by atoms with van der Waals surface area (Å²) in [6, 6.07) is 19.3. The molecule has 0 radical (unpaired) electrons. The molecule has 0 saturated carbocycles. The van der Waals surface area contributed by atoms with Crippen molar-refractivity contribution >= 4 is 34.9 Å². The van der Waals surface area contributed by atoms with Gasteiger partial charge in [-0.1, -0.05) is 65.3 Å². The summed E-state index contributed by atoms with van der Waals surface area (Å²) in [6.45, 7) is 2.54. The lowest BCUT2D eigenvalue weighted by Crippen LogP contribution is -2.24. The minimum atomic E-state index is -0.0684. The number of carbonyl (C=O) groups excluding carboxylic acids is 1. The van der Waals surface area contributed by atoms with Crippen LogP contribution in [0, 0.1) is 6.92 Å². The van der Waals surface area contributed by atoms with E-state index in [4.69, 9.17) is 11.6 Å². The van der Waals surface area contributed by atoms with Crippen LogP contribution in [0.1, 0.15) is 11.1 Å². The van der Waals surface area contributed by atoms with Crippen LogP contribution in [-0.2, 0) is 11.3 Å². The molecule has 6 nitrogen and oxygen atoms in total. The van der Waals surface area contributed by atoms with Crippen molar-refractivity contribution in [2.75, 3.05) is 5.75 Å². The molecule has 4 rings (SSSR count). The third-order valence-corrected chi connectivity index (χ3v) is 5.49. The molecule has 29 heavy (non-hydrogen) atoms. The van der Waals surface area contributed by atoms with E-state index in [-0.39, 0.29) is 11.7 Å². The molecule has 0 aliphatic rings. The quantitative estimate of drug-likeness (QED) is 0.471. The Labute approximate surface area is 177 Å². The fourth-order valence-corrected chi connectivity index (χ4v) is 3.56. The Bertz CT molecular complexity index is 1140. The fourth-order valence-electron chi connectivity index (χ4n) is 2.72. The number of nitrogens with zero attached hydrogens (tertiary/aromatic N) is 4. The van der Waals surface area contributed by atoms with Crippen molar-refractivity contribution in [2.45, 2.75) is 18.6 Å². The van der Waals surface area contributed by atoms with Crippen molar-refractivity contribution in [3.63, 3.8) is 0 Å². The van der Waals surface area contributed by atoms with E-state index in [1.165, 1.54) is 17.3 Å². The molecule has 0 fully saturated rings. The molecule has 2 aromatic heterocycles. The van der Waals surface area contributed by atoms with Gasteiger partial charge in [0.25, 0.3) is 0 Å². The molecule has 1 amide bonds. The highest BCUT2D eigenvalue weighted by molar-refractivity contribution is 7.99. The first-order chi connectivity index (χ1) is 14.1. The van der Waals surface area contributed by atoms with E-state index < -0.39 is 0 Å². The summed E-state index contributed by atoms with van der Waals surface area (Å²) >= 11 is 7.26. The maximum Gasteiger partial charge on any atom is 0.230 e. The number of aryl methyl sites for hydroxylation is 1. The molecule has 2 heterocycles. The van der Waals surface area contributed by atoms with Crippen molar-refractivity contribution in [3.05, 3.63) is 76.8 Å². The average Bonchev–Trinajstić information content (AvgIpc) is 3.14. The van der Waals surface area contributed by atoms with Crippen LogP contribution in [0.5, 0.6) is 0 Å². The number of carbonyl (C=O) groups is 1. The number of nitrogens with one attached hydrogen (secondary N) is 1. The molecular formula is C21H18ClN5OS. The fraction of sp³-hybridized carbons (Fsp3) is 0.143. The van der Waals surface area contributed by atoms with E-state index >= 15 is 0 Å². The van der Waals surface area contributed by atoms with Crippen LogP contribution >= 0.6 is 23.4 Å². The summed E-state index contributed by atoms with van der Waals surface area (Å²) in [7, 11) is 0. The number of hydrogen-bond acceptors (Lipinski definition) is 5. The van der Waals surface area contributed by atoms with Crippen LogP contribution in [0.4, 0.5) is 0 Å². The lowest BCUT2D eigenvalue weighted by molar-refractivity contribution is -0.118. The highest BCUT2D eigenvalue weighted by atomic mass is 35.5. The molecule has 0 atom stereocenters. The monoisotopic (exact) mass is 423 g/mol. The molecule has 0 unspecified atom stereocenters. The van der Waals surface area contributed by atoms with Gasteiger partial charge in [0, 0.05) is 17.1 Å². The standard InChI is InChI=1S/C21H18ClN5OS/c1-14-2-4-15(5-3-14)12-23-20(28)13-29-21-25-24-19-11-10-18(26-27(19)21)16-6-8-17(22)9-7-16/h2-11H,12-13H2,1H3,(H,23,28). The molecule has 8 heteroatoms. The van der Waals surface area contributed by atoms with Crippen LogP contribution in [-0.4, -0.2) is 31.5 Å². The summed E-state index contributed by atoms with van der Waals surface area (Å²) in [6.07, 6.45) is 0. The molecular weight excluding hydrogens is 406 g/mol. The van der Waals surface area contributed by atoms with Gasteiger partial charge in [-0.25, -0.2) is 0 Å². The molecule has 0 spiro atoms. The summed E-state index contributed by atoms with van der Waals surface area (Å²) in [4.78, 5) is 12.2. The molecule has 2 aromatic carbocycles. The molecule has 146 valence electrons. The van der Waals surface area contributed by atoms with Gasteiger partial charge < -0.3 is 5.32 Å². The van der Waals surface area contributed by atoms with Crippen molar-refractivity contribution in [1.29, 1.82) is 0 Å². The molecule has 4 aromatic rings. The number of aromatic nitrogens is 4. The average molecular weight is 424 g/mol. The molecule has 0 bridgehead atoms. The minimum Gasteiger partial charge on any atom is -0.351 e. The van der Waals surface area contributed by atoms with Gasteiger partial charge in [-0.3, -0.25) is 4.79 Å². The molecule has 0 aliphatic heterocycles. The second-order valence-corrected chi connectivity index (χ2v) is 7.91. The lowest BCUT2D eigenvalue weighted by atomic mass is 10.1. The third-order valence-electron chi connectivity index (χ3n) is 4.32. The Morgan fingerprint density at radius 3 is 2.55 bits per heavy atom. The highest BCUT2D eigenvalue weighted by Gasteiger charge is 2.11. The molecule has 0 saturated heterocycles. The molecule has 0 aliphatic carbocycles. The SMILES string of the molecule is Cc1ccc(CNC(=O)CSc2nnc3ccc(-c4ccc(Cl)cc4)nn23)cc1. The first kappa shape index (κ1) is 19.4. The Kier molecular flexibility index (Phi) is 5.78. The van der Waals surface area contributed by atoms with E-state index in [0.29, 0.717) is 22.4 Å². The van der Waals surface area contributed by atoms with E-state index in [0.717, 1.165) is 16.8 Å². The van der Waals surface area contributed by atoms with Crippen LogP contribution in [0.2, 0.25) is 5.02 Å². The van der Waals surface area contributed by atoms with E-state index in [1.54, 1.807) is 4.52 Å². The topological polar surface area (TPSA) is 72.2 Å². The van der Waals surface area contributed by atoms with E-state index in [2.05, 4.69) is 20.6 Å². The number of benzene rings is 2. The van der Waals surface area contributed by atoms with E-state index in [1.807, 2.05) is 67.6 Å². The Balaban J connectivity index is 1.42. The molecule has 1 N–H and O–H groups in total. The summed E-state index contributed by atoms with van der Waals surface area (Å²) in [5, 5.41) is 17.1.